The van der Waals surface area contributed by atoms with Crippen LogP contribution in [0, 0.1) is 18.6 Å². The minimum Gasteiger partial charge on any atom is -0.342 e. The number of halogens is 2. The van der Waals surface area contributed by atoms with Crippen LogP contribution in [-0.4, -0.2) is 10.4 Å². The summed E-state index contributed by atoms with van der Waals surface area (Å²) in [5.41, 5.74) is 1.55. The maximum Gasteiger partial charge on any atom is 0.200 e. The average molecular weight is 389 g/mol. The molecule has 0 fully saturated rings. The quantitative estimate of drug-likeness (QED) is 0.467. The molecule has 0 spiro atoms. The first-order valence-corrected chi connectivity index (χ1v) is 9.11. The number of fused-ring (bicyclic) bond motifs is 1. The highest BCUT2D eigenvalue weighted by Crippen LogP contribution is 2.19. The molecule has 0 saturated carbocycles. The lowest BCUT2D eigenvalue weighted by Crippen LogP contribution is -2.20. The maximum absolute atomic E-state index is 14.2. The number of rotatable bonds is 4. The van der Waals surface area contributed by atoms with Gasteiger partial charge in [-0.25, -0.2) is 8.78 Å². The van der Waals surface area contributed by atoms with Crippen LogP contribution >= 0.6 is 0 Å². The molecule has 0 unspecified atom stereocenters. The number of nitrogens with zero attached hydrogens (tertiary/aromatic N) is 1. The second kappa shape index (κ2) is 7.43. The van der Waals surface area contributed by atoms with Gasteiger partial charge in [0.1, 0.15) is 11.6 Å². The van der Waals surface area contributed by atoms with E-state index in [9.17, 15) is 18.4 Å². The van der Waals surface area contributed by atoms with Crippen molar-refractivity contribution in [1.82, 2.24) is 4.57 Å². The van der Waals surface area contributed by atoms with Crippen LogP contribution in [0.1, 0.15) is 27.0 Å². The van der Waals surface area contributed by atoms with E-state index < -0.39 is 22.8 Å². The average Bonchev–Trinajstić information content (AvgIpc) is 2.72. The third-order valence-electron chi connectivity index (χ3n) is 4.90. The summed E-state index contributed by atoms with van der Waals surface area (Å²) in [5, 5.41) is 0.0827. The number of benzene rings is 3. The Balaban J connectivity index is 1.92. The van der Waals surface area contributed by atoms with Crippen molar-refractivity contribution in [2.45, 2.75) is 13.5 Å². The summed E-state index contributed by atoms with van der Waals surface area (Å²) in [4.78, 5) is 26.0. The summed E-state index contributed by atoms with van der Waals surface area (Å²) >= 11 is 0. The molecule has 4 rings (SSSR count). The Kier molecular flexibility index (Phi) is 4.80. The molecule has 0 amide bonds. The van der Waals surface area contributed by atoms with E-state index >= 15 is 0 Å². The van der Waals surface area contributed by atoms with Crippen LogP contribution in [0.3, 0.4) is 0 Å². The minimum atomic E-state index is -0.577. The van der Waals surface area contributed by atoms with E-state index in [-0.39, 0.29) is 17.5 Å². The molecule has 0 aliphatic carbocycles. The minimum absolute atomic E-state index is 0.0803. The summed E-state index contributed by atoms with van der Waals surface area (Å²) in [6, 6.07) is 16.9. The predicted octanol–water partition coefficient (Wildman–Crippen LogP) is 4.87. The third-order valence-corrected chi connectivity index (χ3v) is 4.90. The highest BCUT2D eigenvalue weighted by atomic mass is 19.1. The van der Waals surface area contributed by atoms with Crippen molar-refractivity contribution in [3.63, 3.8) is 0 Å². The molecule has 1 heterocycles. The second-order valence-electron chi connectivity index (χ2n) is 6.95. The van der Waals surface area contributed by atoms with Gasteiger partial charge < -0.3 is 4.57 Å². The molecule has 0 bridgehead atoms. The van der Waals surface area contributed by atoms with Gasteiger partial charge in [0.15, 0.2) is 5.78 Å². The Hall–Kier alpha value is -3.60. The molecule has 0 radical (unpaired) electrons. The van der Waals surface area contributed by atoms with Crippen molar-refractivity contribution >= 4 is 16.7 Å². The number of carbonyl (C=O) groups is 1. The van der Waals surface area contributed by atoms with E-state index in [1.165, 1.54) is 24.4 Å². The predicted molar refractivity (Wildman–Crippen MR) is 108 cm³/mol. The number of hydrogen-bond acceptors (Lipinski definition) is 2. The first kappa shape index (κ1) is 18.7. The van der Waals surface area contributed by atoms with Crippen molar-refractivity contribution in [3.8, 4) is 0 Å². The van der Waals surface area contributed by atoms with Crippen molar-refractivity contribution in [2.75, 3.05) is 0 Å². The van der Waals surface area contributed by atoms with Gasteiger partial charge in [0.2, 0.25) is 5.43 Å². The van der Waals surface area contributed by atoms with E-state index in [4.69, 9.17) is 0 Å². The normalized spacial score (nSPS) is 11.0. The molecular weight excluding hydrogens is 372 g/mol. The molecule has 0 atom stereocenters. The van der Waals surface area contributed by atoms with Crippen LogP contribution in [-0.2, 0) is 6.54 Å². The van der Waals surface area contributed by atoms with Crippen molar-refractivity contribution in [3.05, 3.63) is 117 Å². The lowest BCUT2D eigenvalue weighted by Gasteiger charge is -2.14. The topological polar surface area (TPSA) is 39.1 Å². The molecule has 29 heavy (non-hydrogen) atoms. The first-order chi connectivity index (χ1) is 13.9. The lowest BCUT2D eigenvalue weighted by atomic mass is 10.0. The maximum atomic E-state index is 14.2. The first-order valence-electron chi connectivity index (χ1n) is 9.11. The zero-order valence-corrected chi connectivity index (χ0v) is 15.7. The molecule has 3 nitrogen and oxygen atoms in total. The van der Waals surface area contributed by atoms with Crippen molar-refractivity contribution in [1.29, 1.82) is 0 Å². The van der Waals surface area contributed by atoms with E-state index in [0.717, 1.165) is 11.6 Å². The number of ketones is 1. The SMILES string of the molecule is Cc1ccc(C(=O)c2cn(Cc3ccccc3F)c3ccc(F)cc3c2=O)cc1. The number of aromatic nitrogens is 1. The fourth-order valence-corrected chi connectivity index (χ4v) is 3.33. The van der Waals surface area contributed by atoms with Gasteiger partial charge >= 0.3 is 0 Å². The summed E-state index contributed by atoms with van der Waals surface area (Å²) < 4.78 is 29.6. The monoisotopic (exact) mass is 389 g/mol. The lowest BCUT2D eigenvalue weighted by molar-refractivity contribution is 0.103. The van der Waals surface area contributed by atoms with E-state index in [1.54, 1.807) is 47.0 Å². The molecule has 5 heteroatoms. The number of carbonyl (C=O) groups excluding carboxylic acids is 1. The highest BCUT2D eigenvalue weighted by Gasteiger charge is 2.18. The summed E-state index contributed by atoms with van der Waals surface area (Å²) in [6.45, 7) is 2.00. The van der Waals surface area contributed by atoms with Gasteiger partial charge in [-0.2, -0.15) is 0 Å². The van der Waals surface area contributed by atoms with Crippen molar-refractivity contribution < 1.29 is 13.6 Å². The smallest absolute Gasteiger partial charge is 0.200 e. The molecule has 0 N–H and O–H groups in total. The highest BCUT2D eigenvalue weighted by molar-refractivity contribution is 6.10. The fraction of sp³-hybridized carbons (Fsp3) is 0.0833. The van der Waals surface area contributed by atoms with Crippen LogP contribution < -0.4 is 5.43 Å². The Morgan fingerprint density at radius 1 is 0.966 bits per heavy atom. The van der Waals surface area contributed by atoms with Crippen LogP contribution in [0.5, 0.6) is 0 Å². The van der Waals surface area contributed by atoms with E-state index in [2.05, 4.69) is 0 Å². The van der Waals surface area contributed by atoms with Gasteiger partial charge in [0.25, 0.3) is 0 Å². The Bertz CT molecular complexity index is 1290. The molecule has 1 aromatic heterocycles. The summed E-state index contributed by atoms with van der Waals surface area (Å²) in [6.07, 6.45) is 1.43. The second-order valence-corrected chi connectivity index (χ2v) is 6.95. The molecule has 3 aromatic carbocycles. The van der Waals surface area contributed by atoms with Crippen molar-refractivity contribution in [2.24, 2.45) is 0 Å². The standard InChI is InChI=1S/C24H17F2NO2/c1-15-6-8-16(9-7-15)23(28)20-14-27(13-17-4-2-3-5-21(17)26)22-11-10-18(25)12-19(22)24(20)29/h2-12,14H,13H2,1H3. The van der Waals surface area contributed by atoms with Crippen LogP contribution in [0.25, 0.3) is 10.9 Å². The Labute approximate surface area is 165 Å². The molecule has 144 valence electrons. The number of hydrogen-bond donors (Lipinski definition) is 0. The van der Waals surface area contributed by atoms with E-state index in [1.807, 2.05) is 6.92 Å². The third kappa shape index (κ3) is 3.59. The Morgan fingerprint density at radius 2 is 1.69 bits per heavy atom. The van der Waals surface area contributed by atoms with Gasteiger partial charge in [0.05, 0.1) is 17.6 Å². The molecule has 0 aliphatic rings. The zero-order chi connectivity index (χ0) is 20.5. The van der Waals surface area contributed by atoms with Gasteiger partial charge in [-0.1, -0.05) is 48.0 Å². The van der Waals surface area contributed by atoms with Gasteiger partial charge in [0, 0.05) is 22.7 Å². The Morgan fingerprint density at radius 3 is 2.41 bits per heavy atom. The van der Waals surface area contributed by atoms with Gasteiger partial charge in [-0.15, -0.1) is 0 Å². The summed E-state index contributed by atoms with van der Waals surface area (Å²) in [5.74, 6) is -1.43. The van der Waals surface area contributed by atoms with Crippen LogP contribution in [0.2, 0.25) is 0 Å². The number of pyridine rings is 1. The van der Waals surface area contributed by atoms with Gasteiger partial charge in [-0.05, 0) is 31.2 Å². The zero-order valence-electron chi connectivity index (χ0n) is 15.7. The van der Waals surface area contributed by atoms with Crippen LogP contribution in [0.15, 0.2) is 77.7 Å². The molecular formula is C24H17F2NO2. The molecule has 4 aromatic rings. The molecule has 0 aliphatic heterocycles. The van der Waals surface area contributed by atoms with Gasteiger partial charge in [-0.3, -0.25) is 9.59 Å². The fourth-order valence-electron chi connectivity index (χ4n) is 3.33. The van der Waals surface area contributed by atoms with E-state index in [0.29, 0.717) is 16.6 Å². The molecule has 0 saturated heterocycles. The van der Waals surface area contributed by atoms with Crippen LogP contribution in [0.4, 0.5) is 8.78 Å². The summed E-state index contributed by atoms with van der Waals surface area (Å²) in [7, 11) is 0. The largest absolute Gasteiger partial charge is 0.342 e. The number of aryl methyl sites for hydroxylation is 1.